The lowest BCUT2D eigenvalue weighted by molar-refractivity contribution is 0.102. The normalized spacial score (nSPS) is 10.2. The molecule has 1 aromatic carbocycles. The molecule has 0 saturated carbocycles. The molecule has 0 aliphatic rings. The van der Waals surface area contributed by atoms with Gasteiger partial charge in [0.2, 0.25) is 0 Å². The second-order valence-electron chi connectivity index (χ2n) is 4.37. The molecule has 2 rings (SSSR count). The Balaban J connectivity index is 2.20. The summed E-state index contributed by atoms with van der Waals surface area (Å²) in [7, 11) is 1.65. The summed E-state index contributed by atoms with van der Waals surface area (Å²) in [6.07, 6.45) is 2.50. The molecule has 1 heterocycles. The van der Waals surface area contributed by atoms with Gasteiger partial charge < -0.3 is 9.88 Å². The zero-order valence-electron chi connectivity index (χ0n) is 11.0. The lowest BCUT2D eigenvalue weighted by Crippen LogP contribution is -2.20. The molecule has 0 radical (unpaired) electrons. The fourth-order valence-corrected chi connectivity index (χ4v) is 1.76. The summed E-state index contributed by atoms with van der Waals surface area (Å²) >= 11 is 0. The first kappa shape index (κ1) is 13.1. The lowest BCUT2D eigenvalue weighted by atomic mass is 10.1. The van der Waals surface area contributed by atoms with Gasteiger partial charge in [-0.15, -0.1) is 0 Å². The van der Waals surface area contributed by atoms with Crippen LogP contribution in [-0.4, -0.2) is 10.5 Å². The molecular weight excluding hydrogens is 240 g/mol. The van der Waals surface area contributed by atoms with Gasteiger partial charge in [0, 0.05) is 30.6 Å². The van der Waals surface area contributed by atoms with Crippen molar-refractivity contribution in [1.82, 2.24) is 4.57 Å². The zero-order valence-corrected chi connectivity index (χ0v) is 11.0. The van der Waals surface area contributed by atoms with E-state index in [2.05, 4.69) is 12.2 Å². The largest absolute Gasteiger partial charge is 0.322 e. The van der Waals surface area contributed by atoms with Gasteiger partial charge in [-0.25, -0.2) is 0 Å². The molecule has 0 spiro atoms. The summed E-state index contributed by atoms with van der Waals surface area (Å²) in [6.45, 7) is 2.06. The number of pyridine rings is 1. The van der Waals surface area contributed by atoms with Gasteiger partial charge in [-0.2, -0.15) is 0 Å². The molecule has 98 valence electrons. The number of hydrogen-bond acceptors (Lipinski definition) is 2. The minimum atomic E-state index is -0.272. The minimum absolute atomic E-state index is 0.199. The Labute approximate surface area is 111 Å². The number of nitrogens with one attached hydrogen (secondary N) is 1. The van der Waals surface area contributed by atoms with E-state index in [0.29, 0.717) is 5.56 Å². The van der Waals surface area contributed by atoms with Crippen LogP contribution in [0.4, 0.5) is 5.69 Å². The highest BCUT2D eigenvalue weighted by molar-refractivity contribution is 6.04. The Morgan fingerprint density at radius 1 is 1.26 bits per heavy atom. The topological polar surface area (TPSA) is 51.1 Å². The first-order valence-electron chi connectivity index (χ1n) is 6.17. The average Bonchev–Trinajstić information content (AvgIpc) is 2.42. The van der Waals surface area contributed by atoms with Crippen LogP contribution < -0.4 is 10.9 Å². The number of nitrogens with zero attached hydrogens (tertiary/aromatic N) is 1. The third-order valence-corrected chi connectivity index (χ3v) is 2.96. The molecule has 1 amide bonds. The maximum Gasteiger partial charge on any atom is 0.255 e. The van der Waals surface area contributed by atoms with Gasteiger partial charge >= 0.3 is 0 Å². The number of rotatable bonds is 3. The maximum atomic E-state index is 12.0. The molecule has 4 nitrogen and oxygen atoms in total. The summed E-state index contributed by atoms with van der Waals surface area (Å²) in [4.78, 5) is 23.5. The Morgan fingerprint density at radius 2 is 2.05 bits per heavy atom. The van der Waals surface area contributed by atoms with E-state index >= 15 is 0 Å². The second-order valence-corrected chi connectivity index (χ2v) is 4.37. The highest BCUT2D eigenvalue weighted by Crippen LogP contribution is 2.12. The van der Waals surface area contributed by atoms with Crippen molar-refractivity contribution >= 4 is 11.6 Å². The maximum absolute atomic E-state index is 12.0. The molecule has 0 aliphatic carbocycles. The second kappa shape index (κ2) is 5.52. The molecule has 0 aliphatic heterocycles. The summed E-state index contributed by atoms with van der Waals surface area (Å²) < 4.78 is 1.43. The van der Waals surface area contributed by atoms with Crippen LogP contribution in [0.25, 0.3) is 0 Å². The van der Waals surface area contributed by atoms with Crippen molar-refractivity contribution in [2.75, 3.05) is 5.32 Å². The van der Waals surface area contributed by atoms with Crippen LogP contribution in [0.3, 0.4) is 0 Å². The van der Waals surface area contributed by atoms with Gasteiger partial charge in [0.25, 0.3) is 11.5 Å². The number of aromatic nitrogens is 1. The quantitative estimate of drug-likeness (QED) is 0.915. The summed E-state index contributed by atoms with van der Waals surface area (Å²) in [5.41, 5.74) is 2.06. The number of amides is 1. The average molecular weight is 256 g/mol. The van der Waals surface area contributed by atoms with E-state index in [1.165, 1.54) is 10.6 Å². The standard InChI is InChI=1S/C15H16N2O2/c1-3-11-5-4-6-13(9-11)16-15(19)12-7-8-17(2)14(18)10-12/h4-10H,3H2,1-2H3,(H,16,19). The van der Waals surface area contributed by atoms with Crippen LogP contribution in [0, 0.1) is 0 Å². The van der Waals surface area contributed by atoms with Crippen LogP contribution in [0.15, 0.2) is 47.4 Å². The smallest absolute Gasteiger partial charge is 0.255 e. The predicted octanol–water partition coefficient (Wildman–Crippen LogP) is 2.20. The SMILES string of the molecule is CCc1cccc(NC(=O)c2ccn(C)c(=O)c2)c1. The molecule has 1 N–H and O–H groups in total. The molecule has 1 aromatic heterocycles. The monoisotopic (exact) mass is 256 g/mol. The van der Waals surface area contributed by atoms with Crippen molar-refractivity contribution in [1.29, 1.82) is 0 Å². The molecule has 0 atom stereocenters. The third-order valence-electron chi connectivity index (χ3n) is 2.96. The van der Waals surface area contributed by atoms with E-state index in [0.717, 1.165) is 17.7 Å². The highest BCUT2D eigenvalue weighted by Gasteiger charge is 2.07. The molecule has 0 saturated heterocycles. The summed E-state index contributed by atoms with van der Waals surface area (Å²) in [5.74, 6) is -0.272. The lowest BCUT2D eigenvalue weighted by Gasteiger charge is -2.07. The van der Waals surface area contributed by atoms with E-state index in [9.17, 15) is 9.59 Å². The van der Waals surface area contributed by atoms with Gasteiger partial charge in [-0.05, 0) is 30.2 Å². The Hall–Kier alpha value is -2.36. The summed E-state index contributed by atoms with van der Waals surface area (Å²) in [5, 5.41) is 2.79. The number of anilines is 1. The fraction of sp³-hybridized carbons (Fsp3) is 0.200. The van der Waals surface area contributed by atoms with Crippen LogP contribution in [-0.2, 0) is 13.5 Å². The van der Waals surface area contributed by atoms with Crippen LogP contribution in [0.5, 0.6) is 0 Å². The van der Waals surface area contributed by atoms with Gasteiger partial charge in [-0.1, -0.05) is 19.1 Å². The molecule has 0 fully saturated rings. The molecule has 4 heteroatoms. The number of carbonyl (C=O) groups is 1. The Bertz CT molecular complexity index is 659. The predicted molar refractivity (Wildman–Crippen MR) is 75.5 cm³/mol. The first-order valence-corrected chi connectivity index (χ1v) is 6.17. The highest BCUT2D eigenvalue weighted by atomic mass is 16.2. The van der Waals surface area contributed by atoms with Crippen LogP contribution in [0.2, 0.25) is 0 Å². The molecule has 0 unspecified atom stereocenters. The van der Waals surface area contributed by atoms with Gasteiger partial charge in [0.1, 0.15) is 0 Å². The van der Waals surface area contributed by atoms with E-state index in [1.807, 2.05) is 24.3 Å². The van der Waals surface area contributed by atoms with Gasteiger partial charge in [0.05, 0.1) is 0 Å². The van der Waals surface area contributed by atoms with Crippen LogP contribution in [0.1, 0.15) is 22.8 Å². The molecule has 19 heavy (non-hydrogen) atoms. The number of benzene rings is 1. The zero-order chi connectivity index (χ0) is 13.8. The van der Waals surface area contributed by atoms with Gasteiger partial charge in [-0.3, -0.25) is 9.59 Å². The molecule has 0 bridgehead atoms. The third kappa shape index (κ3) is 3.10. The molecular formula is C15H16N2O2. The van der Waals surface area contributed by atoms with Gasteiger partial charge in [0.15, 0.2) is 0 Å². The molecule has 2 aromatic rings. The minimum Gasteiger partial charge on any atom is -0.322 e. The number of aryl methyl sites for hydroxylation is 2. The van der Waals surface area contributed by atoms with Crippen LogP contribution >= 0.6 is 0 Å². The van der Waals surface area contributed by atoms with Crippen molar-refractivity contribution in [2.45, 2.75) is 13.3 Å². The van der Waals surface area contributed by atoms with Crippen molar-refractivity contribution < 1.29 is 4.79 Å². The summed E-state index contributed by atoms with van der Waals surface area (Å²) in [6, 6.07) is 10.6. The van der Waals surface area contributed by atoms with Crippen molar-refractivity contribution in [3.8, 4) is 0 Å². The fourth-order valence-electron chi connectivity index (χ4n) is 1.76. The van der Waals surface area contributed by atoms with E-state index in [4.69, 9.17) is 0 Å². The Kier molecular flexibility index (Phi) is 3.80. The Morgan fingerprint density at radius 3 is 2.74 bits per heavy atom. The van der Waals surface area contributed by atoms with Crippen molar-refractivity contribution in [3.63, 3.8) is 0 Å². The van der Waals surface area contributed by atoms with E-state index in [-0.39, 0.29) is 11.5 Å². The number of hydrogen-bond donors (Lipinski definition) is 1. The first-order chi connectivity index (χ1) is 9.10. The van der Waals surface area contributed by atoms with E-state index < -0.39 is 0 Å². The van der Waals surface area contributed by atoms with E-state index in [1.54, 1.807) is 19.3 Å². The van der Waals surface area contributed by atoms with Crippen molar-refractivity contribution in [2.24, 2.45) is 7.05 Å². The number of carbonyl (C=O) groups excluding carboxylic acids is 1. The van der Waals surface area contributed by atoms with Crippen molar-refractivity contribution in [3.05, 3.63) is 64.1 Å².